The number of sulfonamides is 1. The first-order chi connectivity index (χ1) is 19.3. The van der Waals surface area contributed by atoms with Crippen LogP contribution in [0.5, 0.6) is 0 Å². The molecule has 40 heavy (non-hydrogen) atoms. The second kappa shape index (κ2) is 12.4. The minimum absolute atomic E-state index is 0.123. The summed E-state index contributed by atoms with van der Waals surface area (Å²) in [4.78, 5) is 24.7. The summed E-state index contributed by atoms with van der Waals surface area (Å²) < 4.78 is 27.9. The zero-order valence-electron chi connectivity index (χ0n) is 22.3. The molecule has 0 aliphatic carbocycles. The molecule has 0 aromatic heterocycles. The predicted molar refractivity (Wildman–Crippen MR) is 160 cm³/mol. The standard InChI is InChI=1S/C33H30N2O4S/c1-4-30(24-12-8-6-9-13-24)32(25-14-10-7-11-15-25)26-16-20-28(21-17-26)35(31(36)5-2)40(38,39)29-22-18-27(19-23-29)33(37)34-3/h4-23,32H,2H2,1,3H3,(H,34,37). The van der Waals surface area contributed by atoms with E-state index in [-0.39, 0.29) is 22.4 Å². The van der Waals surface area contributed by atoms with Crippen LogP contribution in [-0.4, -0.2) is 27.3 Å². The van der Waals surface area contributed by atoms with Gasteiger partial charge in [0, 0.05) is 18.5 Å². The van der Waals surface area contributed by atoms with Crippen molar-refractivity contribution in [3.8, 4) is 0 Å². The van der Waals surface area contributed by atoms with Crippen LogP contribution in [0.25, 0.3) is 5.57 Å². The van der Waals surface area contributed by atoms with E-state index in [1.165, 1.54) is 31.3 Å². The van der Waals surface area contributed by atoms with Crippen molar-refractivity contribution in [1.29, 1.82) is 0 Å². The van der Waals surface area contributed by atoms with E-state index in [0.29, 0.717) is 5.56 Å². The van der Waals surface area contributed by atoms with Gasteiger partial charge in [-0.3, -0.25) is 9.59 Å². The summed E-state index contributed by atoms with van der Waals surface area (Å²) in [6.45, 7) is 5.50. The Kier molecular flexibility index (Phi) is 8.76. The molecule has 0 saturated carbocycles. The van der Waals surface area contributed by atoms with Crippen LogP contribution >= 0.6 is 0 Å². The monoisotopic (exact) mass is 550 g/mol. The molecule has 202 valence electrons. The quantitative estimate of drug-likeness (QED) is 0.252. The number of carbonyl (C=O) groups excluding carboxylic acids is 2. The third-order valence-corrected chi connectivity index (χ3v) is 8.32. The highest BCUT2D eigenvalue weighted by atomic mass is 32.2. The molecule has 1 unspecified atom stereocenters. The van der Waals surface area contributed by atoms with Crippen LogP contribution in [0.1, 0.15) is 39.9 Å². The van der Waals surface area contributed by atoms with Crippen LogP contribution < -0.4 is 9.62 Å². The Balaban J connectivity index is 1.77. The van der Waals surface area contributed by atoms with E-state index >= 15 is 0 Å². The van der Waals surface area contributed by atoms with Gasteiger partial charge in [0.05, 0.1) is 10.6 Å². The molecule has 1 atom stereocenters. The number of nitrogens with zero attached hydrogens (tertiary/aromatic N) is 1. The lowest BCUT2D eigenvalue weighted by Gasteiger charge is -2.25. The van der Waals surface area contributed by atoms with Gasteiger partial charge in [-0.25, -0.2) is 8.42 Å². The fourth-order valence-corrected chi connectivity index (χ4v) is 6.03. The maximum absolute atomic E-state index is 13.6. The summed E-state index contributed by atoms with van der Waals surface area (Å²) in [7, 11) is -2.81. The third-order valence-electron chi connectivity index (χ3n) is 6.58. The molecule has 0 aliphatic rings. The van der Waals surface area contributed by atoms with E-state index in [9.17, 15) is 18.0 Å². The van der Waals surface area contributed by atoms with Crippen LogP contribution in [-0.2, 0) is 14.8 Å². The van der Waals surface area contributed by atoms with Crippen LogP contribution in [0, 0.1) is 0 Å². The summed E-state index contributed by atoms with van der Waals surface area (Å²) in [5.74, 6) is -1.26. The number of rotatable bonds is 9. The lowest BCUT2D eigenvalue weighted by Crippen LogP contribution is -2.35. The van der Waals surface area contributed by atoms with E-state index in [2.05, 4.69) is 42.2 Å². The number of benzene rings is 4. The second-order valence-corrected chi connectivity index (χ2v) is 10.7. The van der Waals surface area contributed by atoms with Crippen molar-refractivity contribution in [3.63, 3.8) is 0 Å². The molecule has 4 aromatic rings. The molecule has 4 aromatic carbocycles. The number of hydrogen-bond acceptors (Lipinski definition) is 4. The van der Waals surface area contributed by atoms with Gasteiger partial charge >= 0.3 is 0 Å². The Morgan fingerprint density at radius 3 is 1.85 bits per heavy atom. The zero-order valence-corrected chi connectivity index (χ0v) is 23.1. The number of carbonyl (C=O) groups is 2. The smallest absolute Gasteiger partial charge is 0.271 e. The maximum atomic E-state index is 13.6. The first-order valence-corrected chi connectivity index (χ1v) is 14.2. The summed E-state index contributed by atoms with van der Waals surface area (Å²) in [6, 6.07) is 32.5. The fraction of sp³-hybridized carbons (Fsp3) is 0.0909. The molecule has 6 nitrogen and oxygen atoms in total. The first-order valence-electron chi connectivity index (χ1n) is 12.7. The first kappa shape index (κ1) is 28.3. The van der Waals surface area contributed by atoms with Crippen molar-refractivity contribution in [3.05, 3.63) is 150 Å². The fourth-order valence-electron chi connectivity index (χ4n) is 4.63. The molecule has 0 aliphatic heterocycles. The van der Waals surface area contributed by atoms with Crippen molar-refractivity contribution < 1.29 is 18.0 Å². The van der Waals surface area contributed by atoms with Crippen molar-refractivity contribution in [1.82, 2.24) is 5.32 Å². The summed E-state index contributed by atoms with van der Waals surface area (Å²) in [5, 5.41) is 2.49. The summed E-state index contributed by atoms with van der Waals surface area (Å²) in [5.41, 5.74) is 4.67. The van der Waals surface area contributed by atoms with E-state index < -0.39 is 15.9 Å². The van der Waals surface area contributed by atoms with Gasteiger partial charge in [-0.15, -0.1) is 0 Å². The molecule has 4 rings (SSSR count). The molecule has 7 heteroatoms. The van der Waals surface area contributed by atoms with E-state index in [1.54, 1.807) is 12.1 Å². The molecule has 2 amide bonds. The van der Waals surface area contributed by atoms with E-state index in [1.807, 2.05) is 55.5 Å². The van der Waals surface area contributed by atoms with Gasteiger partial charge in [-0.05, 0) is 71.7 Å². The Morgan fingerprint density at radius 1 is 0.775 bits per heavy atom. The number of anilines is 1. The van der Waals surface area contributed by atoms with Crippen molar-refractivity contribution >= 4 is 33.1 Å². The van der Waals surface area contributed by atoms with Gasteiger partial charge in [0.2, 0.25) is 0 Å². The zero-order chi connectivity index (χ0) is 28.7. The van der Waals surface area contributed by atoms with Gasteiger partial charge in [0.1, 0.15) is 0 Å². The lowest BCUT2D eigenvalue weighted by atomic mass is 9.81. The SMILES string of the molecule is C=CC(=O)N(c1ccc(C(C(=CC)c2ccccc2)c2ccccc2)cc1)S(=O)(=O)c1ccc(C(=O)NC)cc1. The Labute approximate surface area is 235 Å². The van der Waals surface area contributed by atoms with E-state index in [0.717, 1.165) is 32.6 Å². The van der Waals surface area contributed by atoms with Crippen LogP contribution in [0.15, 0.2) is 133 Å². The minimum Gasteiger partial charge on any atom is -0.355 e. The minimum atomic E-state index is -4.29. The predicted octanol–water partition coefficient (Wildman–Crippen LogP) is 6.19. The maximum Gasteiger partial charge on any atom is 0.271 e. The normalized spacial score (nSPS) is 12.3. The number of hydrogen-bond donors (Lipinski definition) is 1. The van der Waals surface area contributed by atoms with Crippen molar-refractivity contribution in [2.24, 2.45) is 0 Å². The lowest BCUT2D eigenvalue weighted by molar-refractivity contribution is -0.113. The Bertz CT molecular complexity index is 1630. The van der Waals surface area contributed by atoms with Gasteiger partial charge < -0.3 is 5.32 Å². The third kappa shape index (κ3) is 5.80. The molecule has 0 spiro atoms. The van der Waals surface area contributed by atoms with Crippen LogP contribution in [0.2, 0.25) is 0 Å². The van der Waals surface area contributed by atoms with Gasteiger partial charge in [0.25, 0.3) is 21.8 Å². The van der Waals surface area contributed by atoms with Gasteiger partial charge in [0.15, 0.2) is 0 Å². The highest BCUT2D eigenvalue weighted by Gasteiger charge is 2.30. The Morgan fingerprint density at radius 2 is 1.32 bits per heavy atom. The molecule has 1 N–H and O–H groups in total. The average molecular weight is 551 g/mol. The molecule has 0 heterocycles. The van der Waals surface area contributed by atoms with Crippen molar-refractivity contribution in [2.75, 3.05) is 11.4 Å². The number of amides is 2. The van der Waals surface area contributed by atoms with E-state index in [4.69, 9.17) is 0 Å². The van der Waals surface area contributed by atoms with Crippen LogP contribution in [0.3, 0.4) is 0 Å². The highest BCUT2D eigenvalue weighted by Crippen LogP contribution is 2.38. The molecule has 0 bridgehead atoms. The van der Waals surface area contributed by atoms with Gasteiger partial charge in [-0.1, -0.05) is 85.5 Å². The second-order valence-electron chi connectivity index (χ2n) is 8.96. The summed E-state index contributed by atoms with van der Waals surface area (Å²) >= 11 is 0. The average Bonchev–Trinajstić information content (AvgIpc) is 3.00. The largest absolute Gasteiger partial charge is 0.355 e. The Hall–Kier alpha value is -4.75. The molecular formula is C33H30N2O4S. The molecule has 0 fully saturated rings. The highest BCUT2D eigenvalue weighted by molar-refractivity contribution is 7.93. The molecular weight excluding hydrogens is 520 g/mol. The number of nitrogens with one attached hydrogen (secondary N) is 1. The number of allylic oxidation sites excluding steroid dienone is 2. The topological polar surface area (TPSA) is 83.6 Å². The van der Waals surface area contributed by atoms with Gasteiger partial charge in [-0.2, -0.15) is 4.31 Å². The molecule has 0 saturated heterocycles. The van der Waals surface area contributed by atoms with Crippen molar-refractivity contribution in [2.45, 2.75) is 17.7 Å². The van der Waals surface area contributed by atoms with Crippen LogP contribution in [0.4, 0.5) is 5.69 Å². The summed E-state index contributed by atoms with van der Waals surface area (Å²) in [6.07, 6.45) is 3.05. The molecule has 0 radical (unpaired) electrons.